The Hall–Kier alpha value is -2.05. The van der Waals surface area contributed by atoms with Crippen LogP contribution in [0.2, 0.25) is 0 Å². The van der Waals surface area contributed by atoms with Crippen molar-refractivity contribution in [2.75, 3.05) is 19.4 Å². The summed E-state index contributed by atoms with van der Waals surface area (Å²) in [7, 11) is 1.63. The van der Waals surface area contributed by atoms with E-state index in [-0.39, 0.29) is 0 Å². The zero-order chi connectivity index (χ0) is 16.3. The van der Waals surface area contributed by atoms with Crippen LogP contribution in [0.3, 0.4) is 0 Å². The number of hydrogen-bond acceptors (Lipinski definition) is 5. The fourth-order valence-corrected chi connectivity index (χ4v) is 3.83. The smallest absolute Gasteiger partial charge is 0.175 e. The molecule has 0 unspecified atom stereocenters. The third-order valence-electron chi connectivity index (χ3n) is 3.81. The van der Waals surface area contributed by atoms with E-state index in [2.05, 4.69) is 9.98 Å². The molecule has 5 nitrogen and oxygen atoms in total. The van der Waals surface area contributed by atoms with Crippen molar-refractivity contribution < 1.29 is 9.84 Å². The Bertz CT molecular complexity index is 691. The first-order valence-corrected chi connectivity index (χ1v) is 8.43. The van der Waals surface area contributed by atoms with Gasteiger partial charge in [0.1, 0.15) is 5.75 Å². The minimum atomic E-state index is -1.07. The maximum Gasteiger partial charge on any atom is 0.175 e. The third-order valence-corrected chi connectivity index (χ3v) is 4.92. The van der Waals surface area contributed by atoms with Gasteiger partial charge in [-0.1, -0.05) is 30.0 Å². The highest BCUT2D eigenvalue weighted by Crippen LogP contribution is 2.39. The Labute approximate surface area is 140 Å². The number of aliphatic hydroxyl groups is 1. The van der Waals surface area contributed by atoms with Crippen molar-refractivity contribution in [3.8, 4) is 5.75 Å². The van der Waals surface area contributed by atoms with Gasteiger partial charge in [-0.15, -0.1) is 0 Å². The minimum absolute atomic E-state index is 0.527. The molecule has 1 atom stereocenters. The molecule has 0 saturated carbocycles. The van der Waals surface area contributed by atoms with E-state index in [0.29, 0.717) is 18.1 Å². The number of methoxy groups -OCH3 is 1. The van der Waals surface area contributed by atoms with Crippen LogP contribution in [0.1, 0.15) is 12.5 Å². The standard InChI is InChI=1S/C17H19N3O2S/c1-3-20-16(19-15-6-4-5-11-18-15)23-12-17(20,21)13-7-9-14(22-2)10-8-13/h4-11,21H,3,12H2,1-2H3/t17-/m0/s1. The Morgan fingerprint density at radius 2 is 2.09 bits per heavy atom. The van der Waals surface area contributed by atoms with E-state index in [9.17, 15) is 5.11 Å². The first-order chi connectivity index (χ1) is 11.2. The summed E-state index contributed by atoms with van der Waals surface area (Å²) in [6.45, 7) is 2.66. The molecule has 1 aromatic carbocycles. The number of rotatable bonds is 4. The average Bonchev–Trinajstić information content (AvgIpc) is 2.92. The summed E-state index contributed by atoms with van der Waals surface area (Å²) in [5.41, 5.74) is -0.238. The second kappa shape index (κ2) is 6.60. The van der Waals surface area contributed by atoms with E-state index in [0.717, 1.165) is 16.5 Å². The molecule has 1 N–H and O–H groups in total. The maximum absolute atomic E-state index is 11.2. The molecule has 1 fully saturated rings. The molecule has 23 heavy (non-hydrogen) atoms. The SMILES string of the molecule is CCN1C(=Nc2ccccn2)SC[C@]1(O)c1ccc(OC)cc1. The van der Waals surface area contributed by atoms with Gasteiger partial charge in [0.2, 0.25) is 0 Å². The topological polar surface area (TPSA) is 58.0 Å². The van der Waals surface area contributed by atoms with Crippen LogP contribution in [0.4, 0.5) is 5.82 Å². The highest BCUT2D eigenvalue weighted by Gasteiger charge is 2.44. The van der Waals surface area contributed by atoms with E-state index in [1.807, 2.05) is 54.3 Å². The van der Waals surface area contributed by atoms with Crippen molar-refractivity contribution >= 4 is 22.7 Å². The lowest BCUT2D eigenvalue weighted by Gasteiger charge is -2.33. The number of pyridine rings is 1. The molecular formula is C17H19N3O2S. The molecule has 0 aliphatic carbocycles. The number of thioether (sulfide) groups is 1. The monoisotopic (exact) mass is 329 g/mol. The normalized spacial score (nSPS) is 22.6. The summed E-state index contributed by atoms with van der Waals surface area (Å²) in [6.07, 6.45) is 1.71. The number of aromatic nitrogens is 1. The Morgan fingerprint density at radius 3 is 2.70 bits per heavy atom. The van der Waals surface area contributed by atoms with Gasteiger partial charge in [-0.25, -0.2) is 9.98 Å². The van der Waals surface area contributed by atoms with Crippen LogP contribution >= 0.6 is 11.8 Å². The molecule has 120 valence electrons. The predicted octanol–water partition coefficient (Wildman–Crippen LogP) is 2.99. The summed E-state index contributed by atoms with van der Waals surface area (Å²) in [5.74, 6) is 1.94. The van der Waals surface area contributed by atoms with Crippen molar-refractivity contribution in [2.24, 2.45) is 4.99 Å². The molecule has 1 aliphatic heterocycles. The van der Waals surface area contributed by atoms with Crippen LogP contribution in [0.5, 0.6) is 5.75 Å². The van der Waals surface area contributed by atoms with Crippen molar-refractivity contribution in [2.45, 2.75) is 12.6 Å². The van der Waals surface area contributed by atoms with Gasteiger partial charge < -0.3 is 14.7 Å². The van der Waals surface area contributed by atoms with Crippen LogP contribution in [-0.4, -0.2) is 39.6 Å². The van der Waals surface area contributed by atoms with Gasteiger partial charge in [0.15, 0.2) is 16.7 Å². The number of hydrogen-bond donors (Lipinski definition) is 1. The van der Waals surface area contributed by atoms with Crippen LogP contribution in [0.15, 0.2) is 53.7 Å². The van der Waals surface area contributed by atoms with Crippen molar-refractivity contribution in [1.29, 1.82) is 0 Å². The van der Waals surface area contributed by atoms with E-state index in [1.54, 1.807) is 13.3 Å². The summed E-state index contributed by atoms with van der Waals surface area (Å²) in [5, 5.41) is 12.0. The van der Waals surface area contributed by atoms with Gasteiger partial charge in [-0.3, -0.25) is 0 Å². The molecule has 2 aromatic rings. The Balaban J connectivity index is 1.92. The van der Waals surface area contributed by atoms with E-state index in [4.69, 9.17) is 4.74 Å². The molecule has 2 heterocycles. The largest absolute Gasteiger partial charge is 0.497 e. The molecule has 0 radical (unpaired) electrons. The number of nitrogens with zero attached hydrogens (tertiary/aromatic N) is 3. The zero-order valence-electron chi connectivity index (χ0n) is 13.1. The van der Waals surface area contributed by atoms with Gasteiger partial charge in [-0.05, 0) is 31.2 Å². The fraction of sp³-hybridized carbons (Fsp3) is 0.294. The van der Waals surface area contributed by atoms with Crippen molar-refractivity contribution in [3.63, 3.8) is 0 Å². The fourth-order valence-electron chi connectivity index (χ4n) is 2.58. The Kier molecular flexibility index (Phi) is 4.54. The summed E-state index contributed by atoms with van der Waals surface area (Å²) in [6, 6.07) is 13.1. The summed E-state index contributed by atoms with van der Waals surface area (Å²) in [4.78, 5) is 10.7. The summed E-state index contributed by atoms with van der Waals surface area (Å²) >= 11 is 1.54. The van der Waals surface area contributed by atoms with Crippen molar-refractivity contribution in [3.05, 3.63) is 54.2 Å². The second-order valence-corrected chi connectivity index (χ2v) is 6.10. The second-order valence-electron chi connectivity index (χ2n) is 5.16. The average molecular weight is 329 g/mol. The number of amidine groups is 1. The van der Waals surface area contributed by atoms with Gasteiger partial charge in [-0.2, -0.15) is 0 Å². The zero-order valence-corrected chi connectivity index (χ0v) is 14.0. The lowest BCUT2D eigenvalue weighted by atomic mass is 10.0. The molecule has 0 bridgehead atoms. The lowest BCUT2D eigenvalue weighted by Crippen LogP contribution is -2.44. The van der Waals surface area contributed by atoms with E-state index in [1.165, 1.54) is 11.8 Å². The van der Waals surface area contributed by atoms with E-state index < -0.39 is 5.72 Å². The third kappa shape index (κ3) is 3.04. The quantitative estimate of drug-likeness (QED) is 0.934. The molecule has 1 aliphatic rings. The molecular weight excluding hydrogens is 310 g/mol. The molecule has 0 spiro atoms. The lowest BCUT2D eigenvalue weighted by molar-refractivity contribution is -0.0452. The number of benzene rings is 1. The number of aliphatic imine (C=N–C) groups is 1. The maximum atomic E-state index is 11.2. The van der Waals surface area contributed by atoms with Crippen LogP contribution in [0.25, 0.3) is 0 Å². The molecule has 1 saturated heterocycles. The molecule has 6 heteroatoms. The predicted molar refractivity (Wildman–Crippen MR) is 93.1 cm³/mol. The first kappa shape index (κ1) is 15.8. The Morgan fingerprint density at radius 1 is 1.30 bits per heavy atom. The highest BCUT2D eigenvalue weighted by atomic mass is 32.2. The van der Waals surface area contributed by atoms with E-state index >= 15 is 0 Å². The van der Waals surface area contributed by atoms with Crippen molar-refractivity contribution in [1.82, 2.24) is 9.88 Å². The van der Waals surface area contributed by atoms with Gasteiger partial charge in [0.25, 0.3) is 0 Å². The van der Waals surface area contributed by atoms with Crippen LogP contribution in [-0.2, 0) is 5.72 Å². The molecule has 0 amide bonds. The number of ether oxygens (including phenoxy) is 1. The highest BCUT2D eigenvalue weighted by molar-refractivity contribution is 8.14. The molecule has 1 aromatic heterocycles. The van der Waals surface area contributed by atoms with Crippen LogP contribution in [0, 0.1) is 0 Å². The first-order valence-electron chi connectivity index (χ1n) is 7.44. The minimum Gasteiger partial charge on any atom is -0.497 e. The van der Waals surface area contributed by atoms with Crippen LogP contribution < -0.4 is 4.74 Å². The van der Waals surface area contributed by atoms with Gasteiger partial charge in [0, 0.05) is 18.3 Å². The van der Waals surface area contributed by atoms with Gasteiger partial charge >= 0.3 is 0 Å². The summed E-state index contributed by atoms with van der Waals surface area (Å²) < 4.78 is 5.19. The van der Waals surface area contributed by atoms with Gasteiger partial charge in [0.05, 0.1) is 12.9 Å². The molecule has 3 rings (SSSR count).